The van der Waals surface area contributed by atoms with Crippen molar-refractivity contribution in [2.45, 2.75) is 4.83 Å². The van der Waals surface area contributed by atoms with Gasteiger partial charge in [0.05, 0.1) is 17.0 Å². The minimum absolute atomic E-state index is 0.0562. The molecular formula is C11H14Br2N2O2. The maximum absolute atomic E-state index is 12.0. The Labute approximate surface area is 118 Å². The maximum atomic E-state index is 12.0. The number of carbonyl (C=O) groups is 1. The number of hydrogen-bond acceptors (Lipinski definition) is 3. The quantitative estimate of drug-likeness (QED) is 0.752. The lowest BCUT2D eigenvalue weighted by atomic mass is 10.2. The van der Waals surface area contributed by atoms with Gasteiger partial charge in [0.15, 0.2) is 0 Å². The van der Waals surface area contributed by atoms with Gasteiger partial charge in [-0.05, 0) is 22.0 Å². The molecule has 0 saturated heterocycles. The van der Waals surface area contributed by atoms with Crippen molar-refractivity contribution in [1.82, 2.24) is 9.88 Å². The monoisotopic (exact) mass is 364 g/mol. The minimum Gasteiger partial charge on any atom is -0.383 e. The third kappa shape index (κ3) is 4.73. The van der Waals surface area contributed by atoms with Crippen molar-refractivity contribution >= 4 is 37.8 Å². The van der Waals surface area contributed by atoms with E-state index in [0.717, 1.165) is 4.47 Å². The lowest BCUT2D eigenvalue weighted by Crippen LogP contribution is -2.33. The van der Waals surface area contributed by atoms with Crippen LogP contribution in [0.5, 0.6) is 0 Å². The molecule has 0 aliphatic rings. The van der Waals surface area contributed by atoms with Gasteiger partial charge < -0.3 is 9.64 Å². The zero-order valence-electron chi connectivity index (χ0n) is 9.69. The van der Waals surface area contributed by atoms with E-state index in [4.69, 9.17) is 4.74 Å². The van der Waals surface area contributed by atoms with Gasteiger partial charge in [0.2, 0.25) is 0 Å². The number of carbonyl (C=O) groups excluding carboxylic acids is 1. The highest BCUT2D eigenvalue weighted by atomic mass is 79.9. The van der Waals surface area contributed by atoms with Gasteiger partial charge in [-0.2, -0.15) is 0 Å². The molecule has 94 valence electrons. The summed E-state index contributed by atoms with van der Waals surface area (Å²) in [6.07, 6.45) is 3.21. The lowest BCUT2D eigenvalue weighted by molar-refractivity contribution is 0.0783. The number of alkyl halides is 1. The van der Waals surface area contributed by atoms with Crippen LogP contribution in [0.3, 0.4) is 0 Å². The van der Waals surface area contributed by atoms with Crippen LogP contribution >= 0.6 is 31.9 Å². The SMILES string of the molecule is COCC(Br)CN(C)C(=O)c1cncc(Br)c1. The van der Waals surface area contributed by atoms with Crippen LogP contribution < -0.4 is 0 Å². The van der Waals surface area contributed by atoms with Crippen LogP contribution in [-0.4, -0.2) is 47.9 Å². The lowest BCUT2D eigenvalue weighted by Gasteiger charge is -2.20. The van der Waals surface area contributed by atoms with E-state index in [-0.39, 0.29) is 10.7 Å². The van der Waals surface area contributed by atoms with Crippen LogP contribution in [0.15, 0.2) is 22.9 Å². The summed E-state index contributed by atoms with van der Waals surface area (Å²) in [4.78, 5) is 17.8. The van der Waals surface area contributed by atoms with E-state index >= 15 is 0 Å². The third-order valence-electron chi connectivity index (χ3n) is 2.12. The molecule has 1 unspecified atom stereocenters. The molecule has 6 heteroatoms. The molecule has 0 radical (unpaired) electrons. The molecule has 1 aromatic heterocycles. The molecule has 1 atom stereocenters. The zero-order valence-corrected chi connectivity index (χ0v) is 12.9. The molecule has 0 N–H and O–H groups in total. The van der Waals surface area contributed by atoms with Crippen molar-refractivity contribution < 1.29 is 9.53 Å². The molecule has 0 bridgehead atoms. The van der Waals surface area contributed by atoms with Gasteiger partial charge in [-0.3, -0.25) is 9.78 Å². The van der Waals surface area contributed by atoms with E-state index < -0.39 is 0 Å². The first-order valence-corrected chi connectivity index (χ1v) is 6.74. The Hall–Kier alpha value is -0.460. The number of methoxy groups -OCH3 is 1. The van der Waals surface area contributed by atoms with Crippen molar-refractivity contribution in [2.75, 3.05) is 27.3 Å². The molecule has 0 spiro atoms. The summed E-state index contributed by atoms with van der Waals surface area (Å²) < 4.78 is 5.80. The summed E-state index contributed by atoms with van der Waals surface area (Å²) in [6, 6.07) is 1.76. The molecule has 0 saturated carbocycles. The Morgan fingerprint density at radius 2 is 2.29 bits per heavy atom. The predicted octanol–water partition coefficient (Wildman–Crippen LogP) is 2.33. The number of pyridine rings is 1. The standard InChI is InChI=1S/C11H14Br2N2O2/c1-15(6-10(13)7-17-2)11(16)8-3-9(12)5-14-4-8/h3-5,10H,6-7H2,1-2H3. The van der Waals surface area contributed by atoms with Crippen molar-refractivity contribution in [2.24, 2.45) is 0 Å². The second-order valence-electron chi connectivity index (χ2n) is 3.63. The summed E-state index contributed by atoms with van der Waals surface area (Å²) in [5.41, 5.74) is 0.569. The highest BCUT2D eigenvalue weighted by Gasteiger charge is 2.15. The van der Waals surface area contributed by atoms with Gasteiger partial charge in [0.1, 0.15) is 0 Å². The van der Waals surface area contributed by atoms with Gasteiger partial charge in [0, 0.05) is 37.6 Å². The number of amides is 1. The van der Waals surface area contributed by atoms with E-state index in [1.54, 1.807) is 37.5 Å². The van der Waals surface area contributed by atoms with Crippen LogP contribution in [0.4, 0.5) is 0 Å². The highest BCUT2D eigenvalue weighted by Crippen LogP contribution is 2.12. The summed E-state index contributed by atoms with van der Waals surface area (Å²) in [6.45, 7) is 1.15. The van der Waals surface area contributed by atoms with E-state index in [2.05, 4.69) is 36.8 Å². The first-order valence-electron chi connectivity index (χ1n) is 5.03. The van der Waals surface area contributed by atoms with Gasteiger partial charge in [-0.15, -0.1) is 0 Å². The summed E-state index contributed by atoms with van der Waals surface area (Å²) in [5, 5.41) is 0. The molecule has 17 heavy (non-hydrogen) atoms. The second-order valence-corrected chi connectivity index (χ2v) is 5.84. The van der Waals surface area contributed by atoms with Crippen molar-refractivity contribution in [1.29, 1.82) is 0 Å². The van der Waals surface area contributed by atoms with E-state index in [9.17, 15) is 4.79 Å². The van der Waals surface area contributed by atoms with E-state index in [0.29, 0.717) is 18.7 Å². The number of rotatable bonds is 5. The molecule has 0 aliphatic heterocycles. The highest BCUT2D eigenvalue weighted by molar-refractivity contribution is 9.10. The fraction of sp³-hybridized carbons (Fsp3) is 0.455. The maximum Gasteiger partial charge on any atom is 0.255 e. The fourth-order valence-electron chi connectivity index (χ4n) is 1.36. The van der Waals surface area contributed by atoms with Crippen LogP contribution in [-0.2, 0) is 4.74 Å². The number of ether oxygens (including phenoxy) is 1. The molecule has 0 aromatic carbocycles. The first kappa shape index (κ1) is 14.6. The van der Waals surface area contributed by atoms with Crippen molar-refractivity contribution in [3.63, 3.8) is 0 Å². The predicted molar refractivity (Wildman–Crippen MR) is 73.5 cm³/mol. The molecular weight excluding hydrogens is 352 g/mol. The summed E-state index contributed by atoms with van der Waals surface area (Å²) in [5.74, 6) is -0.0562. The van der Waals surface area contributed by atoms with Crippen LogP contribution in [0.2, 0.25) is 0 Å². The average Bonchev–Trinajstić information content (AvgIpc) is 2.28. The van der Waals surface area contributed by atoms with Gasteiger partial charge in [0.25, 0.3) is 5.91 Å². The molecule has 1 heterocycles. The van der Waals surface area contributed by atoms with Crippen molar-refractivity contribution in [3.8, 4) is 0 Å². The smallest absolute Gasteiger partial charge is 0.255 e. The topological polar surface area (TPSA) is 42.4 Å². The van der Waals surface area contributed by atoms with Crippen LogP contribution in [0, 0.1) is 0 Å². The fourth-order valence-corrected chi connectivity index (χ4v) is 2.43. The Morgan fingerprint density at radius 1 is 1.59 bits per heavy atom. The molecule has 1 aromatic rings. The molecule has 0 aliphatic carbocycles. The van der Waals surface area contributed by atoms with E-state index in [1.807, 2.05) is 0 Å². The van der Waals surface area contributed by atoms with Gasteiger partial charge >= 0.3 is 0 Å². The third-order valence-corrected chi connectivity index (χ3v) is 3.11. The average molecular weight is 366 g/mol. The van der Waals surface area contributed by atoms with Crippen LogP contribution in [0.1, 0.15) is 10.4 Å². The number of halogens is 2. The van der Waals surface area contributed by atoms with Gasteiger partial charge in [-0.25, -0.2) is 0 Å². The first-order chi connectivity index (χ1) is 8.04. The van der Waals surface area contributed by atoms with Gasteiger partial charge in [-0.1, -0.05) is 15.9 Å². The summed E-state index contributed by atoms with van der Waals surface area (Å²) >= 11 is 6.74. The zero-order chi connectivity index (χ0) is 12.8. The summed E-state index contributed by atoms with van der Waals surface area (Å²) in [7, 11) is 3.39. The Kier molecular flexibility index (Phi) is 6.08. The largest absolute Gasteiger partial charge is 0.383 e. The number of aromatic nitrogens is 1. The molecule has 0 fully saturated rings. The van der Waals surface area contributed by atoms with Crippen LogP contribution in [0.25, 0.3) is 0 Å². The second kappa shape index (κ2) is 7.08. The number of nitrogens with zero attached hydrogens (tertiary/aromatic N) is 2. The minimum atomic E-state index is -0.0562. The van der Waals surface area contributed by atoms with Crippen molar-refractivity contribution in [3.05, 3.63) is 28.5 Å². The molecule has 4 nitrogen and oxygen atoms in total. The Balaban J connectivity index is 2.63. The molecule has 1 amide bonds. The Bertz CT molecular complexity index is 387. The molecule has 1 rings (SSSR count). The number of hydrogen-bond donors (Lipinski definition) is 0. The normalized spacial score (nSPS) is 12.2. The van der Waals surface area contributed by atoms with E-state index in [1.165, 1.54) is 0 Å². The Morgan fingerprint density at radius 3 is 2.88 bits per heavy atom.